The van der Waals surface area contributed by atoms with Crippen molar-refractivity contribution in [2.75, 3.05) is 19.0 Å². The fraction of sp³-hybridized carbons (Fsp3) is 0.545. The van der Waals surface area contributed by atoms with E-state index < -0.39 is 12.6 Å². The number of ether oxygens (including phenoxy) is 1. The standard InChI is InChI=1S/C11H15F3N2O/c1-17-9-5-4-8-16-10(9)15-7-3-2-6-11(12,13)14/h4-5,8H,2-3,6-7H2,1H3,(H,15,16). The van der Waals surface area contributed by atoms with Crippen LogP contribution in [0.3, 0.4) is 0 Å². The molecule has 0 amide bonds. The summed E-state index contributed by atoms with van der Waals surface area (Å²) in [5.74, 6) is 1.14. The molecule has 0 radical (unpaired) electrons. The molecule has 6 heteroatoms. The highest BCUT2D eigenvalue weighted by Crippen LogP contribution is 2.23. The molecule has 17 heavy (non-hydrogen) atoms. The fourth-order valence-corrected chi connectivity index (χ4v) is 1.35. The minimum atomic E-state index is -4.07. The van der Waals surface area contributed by atoms with Gasteiger partial charge >= 0.3 is 6.18 Å². The quantitative estimate of drug-likeness (QED) is 0.785. The summed E-state index contributed by atoms with van der Waals surface area (Å²) in [6.45, 7) is 0.448. The van der Waals surface area contributed by atoms with E-state index in [2.05, 4.69) is 10.3 Å². The highest BCUT2D eigenvalue weighted by atomic mass is 19.4. The molecule has 1 rings (SSSR count). The lowest BCUT2D eigenvalue weighted by molar-refractivity contribution is -0.135. The first-order valence-corrected chi connectivity index (χ1v) is 5.32. The van der Waals surface area contributed by atoms with Gasteiger partial charge in [0.15, 0.2) is 11.6 Å². The van der Waals surface area contributed by atoms with Crippen molar-refractivity contribution >= 4 is 5.82 Å². The van der Waals surface area contributed by atoms with Gasteiger partial charge in [-0.2, -0.15) is 13.2 Å². The number of methoxy groups -OCH3 is 1. The van der Waals surface area contributed by atoms with Gasteiger partial charge in [0.25, 0.3) is 0 Å². The van der Waals surface area contributed by atoms with Gasteiger partial charge < -0.3 is 10.1 Å². The lowest BCUT2D eigenvalue weighted by Gasteiger charge is -2.10. The summed E-state index contributed by atoms with van der Waals surface area (Å²) in [5, 5.41) is 2.95. The van der Waals surface area contributed by atoms with Gasteiger partial charge in [-0.3, -0.25) is 0 Å². The molecule has 0 unspecified atom stereocenters. The average Bonchev–Trinajstić information content (AvgIpc) is 2.27. The number of pyridine rings is 1. The number of hydrogen-bond acceptors (Lipinski definition) is 3. The SMILES string of the molecule is COc1cccnc1NCCCCC(F)(F)F. The zero-order valence-corrected chi connectivity index (χ0v) is 9.55. The maximum atomic E-state index is 11.9. The van der Waals surface area contributed by atoms with E-state index in [-0.39, 0.29) is 6.42 Å². The molecule has 0 aliphatic heterocycles. The van der Waals surface area contributed by atoms with Crippen molar-refractivity contribution in [1.82, 2.24) is 4.98 Å². The number of nitrogens with zero attached hydrogens (tertiary/aromatic N) is 1. The highest BCUT2D eigenvalue weighted by Gasteiger charge is 2.25. The van der Waals surface area contributed by atoms with Gasteiger partial charge in [0.05, 0.1) is 7.11 Å². The highest BCUT2D eigenvalue weighted by molar-refractivity contribution is 5.49. The zero-order chi connectivity index (χ0) is 12.7. The first-order valence-electron chi connectivity index (χ1n) is 5.32. The first kappa shape index (κ1) is 13.6. The molecule has 3 nitrogen and oxygen atoms in total. The molecule has 1 N–H and O–H groups in total. The molecule has 0 aliphatic carbocycles. The third kappa shape index (κ3) is 5.42. The number of hydrogen-bond donors (Lipinski definition) is 1. The molecule has 0 saturated carbocycles. The van der Waals surface area contributed by atoms with Gasteiger partial charge in [0.2, 0.25) is 0 Å². The molecule has 0 fully saturated rings. The molecule has 0 spiro atoms. The molecule has 1 aromatic heterocycles. The summed E-state index contributed by atoms with van der Waals surface area (Å²) in [6.07, 6.45) is -2.65. The number of unbranched alkanes of at least 4 members (excludes halogenated alkanes) is 1. The van der Waals surface area contributed by atoms with E-state index in [9.17, 15) is 13.2 Å². The van der Waals surface area contributed by atoms with Crippen LogP contribution in [-0.4, -0.2) is 24.8 Å². The molecular formula is C11H15F3N2O. The molecule has 0 aliphatic rings. The summed E-state index contributed by atoms with van der Waals surface area (Å²) >= 11 is 0. The van der Waals surface area contributed by atoms with E-state index in [0.717, 1.165) is 0 Å². The fourth-order valence-electron chi connectivity index (χ4n) is 1.35. The Kier molecular flexibility index (Phi) is 5.06. The number of halogens is 3. The van der Waals surface area contributed by atoms with Gasteiger partial charge in [-0.1, -0.05) is 0 Å². The van der Waals surface area contributed by atoms with Crippen LogP contribution in [0.4, 0.5) is 19.0 Å². The van der Waals surface area contributed by atoms with E-state index in [0.29, 0.717) is 24.5 Å². The van der Waals surface area contributed by atoms with Crippen LogP contribution in [0, 0.1) is 0 Å². The summed E-state index contributed by atoms with van der Waals surface area (Å²) in [5.41, 5.74) is 0. The van der Waals surface area contributed by atoms with E-state index in [4.69, 9.17) is 4.74 Å². The second-order valence-corrected chi connectivity index (χ2v) is 3.55. The van der Waals surface area contributed by atoms with Crippen molar-refractivity contribution in [3.8, 4) is 5.75 Å². The summed E-state index contributed by atoms with van der Waals surface area (Å²) in [7, 11) is 1.52. The molecule has 0 saturated heterocycles. The van der Waals surface area contributed by atoms with Crippen LogP contribution in [-0.2, 0) is 0 Å². The molecular weight excluding hydrogens is 233 g/mol. The Morgan fingerprint density at radius 3 is 2.76 bits per heavy atom. The number of rotatable bonds is 6. The van der Waals surface area contributed by atoms with Gasteiger partial charge in [0.1, 0.15) is 0 Å². The van der Waals surface area contributed by atoms with Crippen LogP contribution < -0.4 is 10.1 Å². The lowest BCUT2D eigenvalue weighted by Crippen LogP contribution is -2.09. The van der Waals surface area contributed by atoms with Crippen molar-refractivity contribution in [3.63, 3.8) is 0 Å². The van der Waals surface area contributed by atoms with Crippen molar-refractivity contribution in [2.24, 2.45) is 0 Å². The summed E-state index contributed by atoms with van der Waals surface area (Å²) in [6, 6.07) is 3.47. The van der Waals surface area contributed by atoms with Gasteiger partial charge in [-0.05, 0) is 25.0 Å². The second kappa shape index (κ2) is 6.32. The summed E-state index contributed by atoms with van der Waals surface area (Å²) < 4.78 is 40.7. The van der Waals surface area contributed by atoms with Crippen LogP contribution in [0.25, 0.3) is 0 Å². The van der Waals surface area contributed by atoms with E-state index >= 15 is 0 Å². The van der Waals surface area contributed by atoms with E-state index in [1.165, 1.54) is 7.11 Å². The molecule has 0 aromatic carbocycles. The topological polar surface area (TPSA) is 34.1 Å². The van der Waals surface area contributed by atoms with Crippen LogP contribution >= 0.6 is 0 Å². The number of alkyl halides is 3. The Balaban J connectivity index is 2.27. The van der Waals surface area contributed by atoms with E-state index in [1.54, 1.807) is 18.3 Å². The monoisotopic (exact) mass is 248 g/mol. The predicted molar refractivity (Wildman–Crippen MR) is 59.2 cm³/mol. The largest absolute Gasteiger partial charge is 0.493 e. The Labute approximate surface area is 98.0 Å². The van der Waals surface area contributed by atoms with Gasteiger partial charge in [0, 0.05) is 19.2 Å². The lowest BCUT2D eigenvalue weighted by atomic mass is 10.2. The van der Waals surface area contributed by atoms with Gasteiger partial charge in [-0.15, -0.1) is 0 Å². The third-order valence-corrected chi connectivity index (χ3v) is 2.17. The Bertz CT molecular complexity index is 342. The van der Waals surface area contributed by atoms with Crippen molar-refractivity contribution in [3.05, 3.63) is 18.3 Å². The van der Waals surface area contributed by atoms with Crippen LogP contribution in [0.5, 0.6) is 5.75 Å². The Morgan fingerprint density at radius 2 is 2.12 bits per heavy atom. The maximum Gasteiger partial charge on any atom is 0.389 e. The molecule has 0 atom stereocenters. The second-order valence-electron chi connectivity index (χ2n) is 3.55. The minimum Gasteiger partial charge on any atom is -0.493 e. The van der Waals surface area contributed by atoms with Crippen molar-refractivity contribution < 1.29 is 17.9 Å². The first-order chi connectivity index (χ1) is 8.03. The normalized spacial score (nSPS) is 11.3. The number of nitrogens with one attached hydrogen (secondary N) is 1. The molecule has 1 aromatic rings. The van der Waals surface area contributed by atoms with Gasteiger partial charge in [-0.25, -0.2) is 4.98 Å². The van der Waals surface area contributed by atoms with Crippen LogP contribution in [0.1, 0.15) is 19.3 Å². The molecule has 0 bridgehead atoms. The molecule has 96 valence electrons. The number of aromatic nitrogens is 1. The van der Waals surface area contributed by atoms with Crippen LogP contribution in [0.15, 0.2) is 18.3 Å². The van der Waals surface area contributed by atoms with Crippen LogP contribution in [0.2, 0.25) is 0 Å². The smallest absolute Gasteiger partial charge is 0.389 e. The van der Waals surface area contributed by atoms with E-state index in [1.807, 2.05) is 0 Å². The zero-order valence-electron chi connectivity index (χ0n) is 9.55. The average molecular weight is 248 g/mol. The Morgan fingerprint density at radius 1 is 1.35 bits per heavy atom. The minimum absolute atomic E-state index is 0.117. The molecule has 1 heterocycles. The van der Waals surface area contributed by atoms with Crippen molar-refractivity contribution in [2.45, 2.75) is 25.4 Å². The maximum absolute atomic E-state index is 11.9. The Hall–Kier alpha value is -1.46. The third-order valence-electron chi connectivity index (χ3n) is 2.17. The van der Waals surface area contributed by atoms with Crippen molar-refractivity contribution in [1.29, 1.82) is 0 Å². The number of anilines is 1. The summed E-state index contributed by atoms with van der Waals surface area (Å²) in [4.78, 5) is 4.04. The predicted octanol–water partition coefficient (Wildman–Crippen LogP) is 3.23.